The molecular formula is C20H32N6O2. The summed E-state index contributed by atoms with van der Waals surface area (Å²) in [4.78, 5) is 4.60. The van der Waals surface area contributed by atoms with E-state index in [2.05, 4.69) is 32.7 Å². The Morgan fingerprint density at radius 3 is 2.57 bits per heavy atom. The van der Waals surface area contributed by atoms with Gasteiger partial charge in [0.2, 0.25) is 0 Å². The normalized spacial score (nSPS) is 11.6. The number of guanidine groups is 1. The van der Waals surface area contributed by atoms with Crippen molar-refractivity contribution in [2.24, 2.45) is 4.99 Å². The molecule has 2 aromatic rings. The van der Waals surface area contributed by atoms with Crippen LogP contribution in [-0.4, -0.2) is 60.2 Å². The van der Waals surface area contributed by atoms with Crippen LogP contribution < -0.4 is 10.6 Å². The molecule has 2 N–H and O–H groups in total. The van der Waals surface area contributed by atoms with E-state index >= 15 is 0 Å². The predicted octanol–water partition coefficient (Wildman–Crippen LogP) is 2.16. The molecule has 28 heavy (non-hydrogen) atoms. The molecule has 0 atom stereocenters. The maximum atomic E-state index is 5.57. The van der Waals surface area contributed by atoms with Gasteiger partial charge in [0.1, 0.15) is 12.9 Å². The largest absolute Gasteiger partial charge is 0.379 e. The molecule has 0 aliphatic rings. The van der Waals surface area contributed by atoms with E-state index in [1.807, 2.05) is 41.8 Å². The van der Waals surface area contributed by atoms with Crippen molar-refractivity contribution < 1.29 is 9.47 Å². The zero-order valence-electron chi connectivity index (χ0n) is 16.9. The third-order valence-corrected chi connectivity index (χ3v) is 3.93. The molecule has 0 aliphatic carbocycles. The van der Waals surface area contributed by atoms with Crippen molar-refractivity contribution in [3.8, 4) is 5.69 Å². The highest BCUT2D eigenvalue weighted by molar-refractivity contribution is 5.79. The van der Waals surface area contributed by atoms with Crippen LogP contribution in [-0.2, 0) is 16.0 Å². The van der Waals surface area contributed by atoms with Crippen LogP contribution in [0.2, 0.25) is 0 Å². The molecule has 1 aromatic carbocycles. The first kappa shape index (κ1) is 21.8. The fourth-order valence-electron chi connectivity index (χ4n) is 2.47. The molecule has 8 nitrogen and oxygen atoms in total. The van der Waals surface area contributed by atoms with Gasteiger partial charge in [-0.25, -0.2) is 4.99 Å². The highest BCUT2D eigenvalue weighted by Gasteiger charge is 2.06. The van der Waals surface area contributed by atoms with Gasteiger partial charge in [-0.3, -0.25) is 4.57 Å². The van der Waals surface area contributed by atoms with E-state index in [0.29, 0.717) is 32.9 Å². The van der Waals surface area contributed by atoms with E-state index in [0.717, 1.165) is 43.5 Å². The summed E-state index contributed by atoms with van der Waals surface area (Å²) < 4.78 is 13.0. The Labute approximate surface area is 167 Å². The van der Waals surface area contributed by atoms with E-state index in [9.17, 15) is 0 Å². The van der Waals surface area contributed by atoms with Crippen molar-refractivity contribution >= 4 is 5.96 Å². The molecular weight excluding hydrogens is 356 g/mol. The van der Waals surface area contributed by atoms with E-state index in [1.165, 1.54) is 0 Å². The van der Waals surface area contributed by atoms with Crippen LogP contribution in [0.1, 0.15) is 32.5 Å². The van der Waals surface area contributed by atoms with Gasteiger partial charge in [0.05, 0.1) is 19.8 Å². The third kappa shape index (κ3) is 8.06. The highest BCUT2D eigenvalue weighted by Crippen LogP contribution is 2.09. The van der Waals surface area contributed by atoms with Crippen molar-refractivity contribution in [2.75, 3.05) is 39.5 Å². The average Bonchev–Trinajstić information content (AvgIpc) is 3.20. The summed E-state index contributed by atoms with van der Waals surface area (Å²) >= 11 is 0. The zero-order valence-corrected chi connectivity index (χ0v) is 16.9. The lowest BCUT2D eigenvalue weighted by atomic mass is 10.3. The topological polar surface area (TPSA) is 85.6 Å². The Morgan fingerprint density at radius 2 is 1.82 bits per heavy atom. The summed E-state index contributed by atoms with van der Waals surface area (Å²) in [7, 11) is 0. The molecule has 0 spiro atoms. The fourth-order valence-corrected chi connectivity index (χ4v) is 2.47. The molecule has 0 unspecified atom stereocenters. The van der Waals surface area contributed by atoms with Crippen molar-refractivity contribution in [1.29, 1.82) is 0 Å². The fraction of sp³-hybridized carbons (Fsp3) is 0.550. The van der Waals surface area contributed by atoms with Gasteiger partial charge in [-0.05, 0) is 25.5 Å². The summed E-state index contributed by atoms with van der Waals surface area (Å²) in [5.41, 5.74) is 1.02. The minimum Gasteiger partial charge on any atom is -0.379 e. The van der Waals surface area contributed by atoms with E-state index in [1.54, 1.807) is 6.33 Å². The SMILES string of the molecule is CCCCOCCOCCNC(=NCc1nncn1-c1ccccc1)NCC. The van der Waals surface area contributed by atoms with Crippen LogP contribution in [0.15, 0.2) is 41.7 Å². The average molecular weight is 389 g/mol. The van der Waals surface area contributed by atoms with Crippen LogP contribution in [0, 0.1) is 0 Å². The number of rotatable bonds is 13. The summed E-state index contributed by atoms with van der Waals surface area (Å²) in [5.74, 6) is 1.51. The molecule has 0 aliphatic heterocycles. The molecule has 0 saturated heterocycles. The number of unbranched alkanes of at least 4 members (excludes halogenated alkanes) is 1. The number of benzene rings is 1. The quantitative estimate of drug-likeness (QED) is 0.311. The number of para-hydroxylation sites is 1. The van der Waals surface area contributed by atoms with Crippen molar-refractivity contribution in [3.63, 3.8) is 0 Å². The minimum atomic E-state index is 0.427. The van der Waals surface area contributed by atoms with Crippen molar-refractivity contribution in [1.82, 2.24) is 25.4 Å². The number of ether oxygens (including phenoxy) is 2. The van der Waals surface area contributed by atoms with Gasteiger partial charge < -0.3 is 20.1 Å². The smallest absolute Gasteiger partial charge is 0.191 e. The van der Waals surface area contributed by atoms with Gasteiger partial charge in [-0.2, -0.15) is 0 Å². The van der Waals surface area contributed by atoms with Crippen LogP contribution in [0.25, 0.3) is 5.69 Å². The first-order valence-corrected chi connectivity index (χ1v) is 9.97. The Kier molecular flexibility index (Phi) is 10.7. The molecule has 0 bridgehead atoms. The molecule has 0 amide bonds. The summed E-state index contributed by atoms with van der Waals surface area (Å²) in [6, 6.07) is 10.00. The molecule has 8 heteroatoms. The lowest BCUT2D eigenvalue weighted by Crippen LogP contribution is -2.39. The van der Waals surface area contributed by atoms with E-state index in [-0.39, 0.29) is 0 Å². The number of nitrogens with zero attached hydrogens (tertiary/aromatic N) is 4. The molecule has 1 heterocycles. The van der Waals surface area contributed by atoms with Crippen LogP contribution in [0.5, 0.6) is 0 Å². The van der Waals surface area contributed by atoms with Crippen LogP contribution in [0.4, 0.5) is 0 Å². The van der Waals surface area contributed by atoms with Crippen LogP contribution >= 0.6 is 0 Å². The molecule has 0 saturated carbocycles. The van der Waals surface area contributed by atoms with Crippen molar-refractivity contribution in [3.05, 3.63) is 42.5 Å². The number of nitrogens with one attached hydrogen (secondary N) is 2. The minimum absolute atomic E-state index is 0.427. The monoisotopic (exact) mass is 388 g/mol. The van der Waals surface area contributed by atoms with Gasteiger partial charge in [0.15, 0.2) is 11.8 Å². The number of hydrogen-bond acceptors (Lipinski definition) is 5. The Hall–Kier alpha value is -2.45. The van der Waals surface area contributed by atoms with Gasteiger partial charge in [0, 0.05) is 25.4 Å². The standard InChI is InChI=1S/C20H32N6O2/c1-3-5-12-27-14-15-28-13-11-22-20(21-4-2)23-16-19-25-24-17-26(19)18-9-7-6-8-10-18/h6-10,17H,3-5,11-16H2,1-2H3,(H2,21,22,23). The highest BCUT2D eigenvalue weighted by atomic mass is 16.5. The second-order valence-corrected chi connectivity index (χ2v) is 6.15. The van der Waals surface area contributed by atoms with E-state index < -0.39 is 0 Å². The molecule has 0 radical (unpaired) electrons. The maximum Gasteiger partial charge on any atom is 0.191 e. The maximum absolute atomic E-state index is 5.57. The summed E-state index contributed by atoms with van der Waals surface area (Å²) in [6.45, 7) is 8.73. The van der Waals surface area contributed by atoms with Gasteiger partial charge in [-0.15, -0.1) is 10.2 Å². The van der Waals surface area contributed by atoms with E-state index in [4.69, 9.17) is 9.47 Å². The third-order valence-electron chi connectivity index (χ3n) is 3.93. The molecule has 1 aromatic heterocycles. The number of hydrogen-bond donors (Lipinski definition) is 2. The zero-order chi connectivity index (χ0) is 19.9. The second-order valence-electron chi connectivity index (χ2n) is 6.15. The molecule has 154 valence electrons. The first-order valence-electron chi connectivity index (χ1n) is 9.97. The van der Waals surface area contributed by atoms with Gasteiger partial charge in [0.25, 0.3) is 0 Å². The van der Waals surface area contributed by atoms with Gasteiger partial charge in [-0.1, -0.05) is 31.5 Å². The Bertz CT molecular complexity index is 674. The first-order chi connectivity index (χ1) is 13.8. The Morgan fingerprint density at radius 1 is 1.04 bits per heavy atom. The van der Waals surface area contributed by atoms with Crippen LogP contribution in [0.3, 0.4) is 0 Å². The second kappa shape index (κ2) is 13.7. The van der Waals surface area contributed by atoms with Crippen molar-refractivity contribution in [2.45, 2.75) is 33.2 Å². The number of aliphatic imine (C=N–C) groups is 1. The lowest BCUT2D eigenvalue weighted by Gasteiger charge is -2.12. The summed E-state index contributed by atoms with van der Waals surface area (Å²) in [5, 5.41) is 14.7. The Balaban J connectivity index is 1.75. The molecule has 0 fully saturated rings. The lowest BCUT2D eigenvalue weighted by molar-refractivity contribution is 0.0487. The summed E-state index contributed by atoms with van der Waals surface area (Å²) in [6.07, 6.45) is 3.96. The van der Waals surface area contributed by atoms with Gasteiger partial charge >= 0.3 is 0 Å². The number of aromatic nitrogens is 3. The predicted molar refractivity (Wildman–Crippen MR) is 111 cm³/mol. The molecule has 2 rings (SSSR count).